The van der Waals surface area contributed by atoms with Gasteiger partial charge in [0.1, 0.15) is 0 Å². The maximum absolute atomic E-state index is 13.2. The van der Waals surface area contributed by atoms with Gasteiger partial charge in [0.15, 0.2) is 17.2 Å². The number of nitrogens with zero attached hydrogens (tertiary/aromatic N) is 3. The van der Waals surface area contributed by atoms with E-state index < -0.39 is 5.97 Å². The highest BCUT2D eigenvalue weighted by molar-refractivity contribution is 5.98. The Bertz CT molecular complexity index is 935. The van der Waals surface area contributed by atoms with E-state index in [9.17, 15) is 9.59 Å². The largest absolute Gasteiger partial charge is 0.493 e. The Labute approximate surface area is 169 Å². The lowest BCUT2D eigenvalue weighted by Crippen LogP contribution is -2.37. The Hall–Kier alpha value is -3.29. The van der Waals surface area contributed by atoms with Gasteiger partial charge in [-0.25, -0.2) is 4.79 Å². The van der Waals surface area contributed by atoms with E-state index in [-0.39, 0.29) is 24.8 Å². The minimum absolute atomic E-state index is 0.197. The van der Waals surface area contributed by atoms with Gasteiger partial charge in [-0.15, -0.1) is 6.58 Å². The van der Waals surface area contributed by atoms with Gasteiger partial charge in [0.2, 0.25) is 0 Å². The number of carbonyl (C=O) groups is 2. The van der Waals surface area contributed by atoms with E-state index in [2.05, 4.69) is 11.7 Å². The van der Waals surface area contributed by atoms with Crippen LogP contribution in [0.5, 0.6) is 11.5 Å². The molecular weight excluding hydrogens is 374 g/mol. The fourth-order valence-electron chi connectivity index (χ4n) is 3.53. The molecule has 0 radical (unpaired) electrons. The smallest absolute Gasteiger partial charge is 0.359 e. The third-order valence-electron chi connectivity index (χ3n) is 4.83. The fraction of sp³-hybridized carbons (Fsp3) is 0.381. The second-order valence-corrected chi connectivity index (χ2v) is 6.48. The number of ether oxygens (including phenoxy) is 3. The van der Waals surface area contributed by atoms with Crippen molar-refractivity contribution < 1.29 is 23.8 Å². The molecule has 0 saturated carbocycles. The summed E-state index contributed by atoms with van der Waals surface area (Å²) in [4.78, 5) is 27.3. The van der Waals surface area contributed by atoms with Crippen molar-refractivity contribution in [1.29, 1.82) is 0 Å². The molecule has 0 spiro atoms. The van der Waals surface area contributed by atoms with Crippen molar-refractivity contribution in [3.63, 3.8) is 0 Å². The molecule has 1 aliphatic heterocycles. The minimum Gasteiger partial charge on any atom is -0.493 e. The average Bonchev–Trinajstić information content (AvgIpc) is 3.10. The van der Waals surface area contributed by atoms with Gasteiger partial charge in [0, 0.05) is 24.2 Å². The first-order valence-electron chi connectivity index (χ1n) is 9.42. The molecule has 8 heteroatoms. The van der Waals surface area contributed by atoms with Crippen LogP contribution in [0.1, 0.15) is 39.0 Å². The van der Waals surface area contributed by atoms with Gasteiger partial charge >= 0.3 is 5.97 Å². The molecule has 0 N–H and O–H groups in total. The summed E-state index contributed by atoms with van der Waals surface area (Å²) in [5.74, 6) is 0.193. The highest BCUT2D eigenvalue weighted by Crippen LogP contribution is 2.33. The summed E-state index contributed by atoms with van der Waals surface area (Å²) >= 11 is 0. The molecule has 154 valence electrons. The predicted octanol–water partition coefficient (Wildman–Crippen LogP) is 2.46. The van der Waals surface area contributed by atoms with Gasteiger partial charge < -0.3 is 19.1 Å². The standard InChI is InChI=1S/C21H25N3O5/c1-5-11-24-16-10-12-23(13-15(16)18(22-24)21(26)29-6-2)20(25)14-8-7-9-17(27-3)19(14)28-4/h5,7-9H,1,6,10-13H2,2-4H3. The van der Waals surface area contributed by atoms with Crippen LogP contribution in [-0.2, 0) is 24.2 Å². The Balaban J connectivity index is 1.95. The number of hydrogen-bond acceptors (Lipinski definition) is 6. The van der Waals surface area contributed by atoms with Crippen LogP contribution in [-0.4, -0.2) is 53.9 Å². The molecule has 2 heterocycles. The number of carbonyl (C=O) groups excluding carboxylic acids is 2. The highest BCUT2D eigenvalue weighted by atomic mass is 16.5. The molecule has 2 aromatic rings. The van der Waals surface area contributed by atoms with Gasteiger partial charge in [0.25, 0.3) is 5.91 Å². The van der Waals surface area contributed by atoms with Crippen LogP contribution < -0.4 is 9.47 Å². The second-order valence-electron chi connectivity index (χ2n) is 6.48. The molecule has 1 aromatic heterocycles. The number of methoxy groups -OCH3 is 2. The Morgan fingerprint density at radius 2 is 2.07 bits per heavy atom. The number of aromatic nitrogens is 2. The monoisotopic (exact) mass is 399 g/mol. The number of fused-ring (bicyclic) bond motifs is 1. The topological polar surface area (TPSA) is 82.9 Å². The van der Waals surface area contributed by atoms with Gasteiger partial charge in [-0.05, 0) is 19.1 Å². The molecule has 0 saturated heterocycles. The quantitative estimate of drug-likeness (QED) is 0.525. The molecule has 1 amide bonds. The van der Waals surface area contributed by atoms with E-state index in [1.165, 1.54) is 14.2 Å². The summed E-state index contributed by atoms with van der Waals surface area (Å²) < 4.78 is 17.6. The number of esters is 1. The molecule has 0 atom stereocenters. The number of allylic oxidation sites excluding steroid dienone is 1. The minimum atomic E-state index is -0.486. The molecule has 0 aliphatic carbocycles. The predicted molar refractivity (Wildman–Crippen MR) is 106 cm³/mol. The first kappa shape index (κ1) is 20.4. The molecular formula is C21H25N3O5. The average molecular weight is 399 g/mol. The Morgan fingerprint density at radius 1 is 1.28 bits per heavy atom. The van der Waals surface area contributed by atoms with Crippen LogP contribution in [0.3, 0.4) is 0 Å². The summed E-state index contributed by atoms with van der Waals surface area (Å²) in [6.07, 6.45) is 2.30. The third-order valence-corrected chi connectivity index (χ3v) is 4.83. The lowest BCUT2D eigenvalue weighted by atomic mass is 10.0. The van der Waals surface area contributed by atoms with Gasteiger partial charge in [-0.1, -0.05) is 12.1 Å². The number of hydrogen-bond donors (Lipinski definition) is 0. The van der Waals surface area contributed by atoms with Crippen LogP contribution in [0.15, 0.2) is 30.9 Å². The van der Waals surface area contributed by atoms with Crippen molar-refractivity contribution in [3.05, 3.63) is 53.4 Å². The first-order valence-corrected chi connectivity index (χ1v) is 9.42. The van der Waals surface area contributed by atoms with E-state index in [1.807, 2.05) is 0 Å². The summed E-state index contributed by atoms with van der Waals surface area (Å²) in [5.41, 5.74) is 2.30. The fourth-order valence-corrected chi connectivity index (χ4v) is 3.53. The molecule has 1 aliphatic rings. The van der Waals surface area contributed by atoms with Gasteiger partial charge in [-0.2, -0.15) is 5.10 Å². The molecule has 1 aromatic carbocycles. The third kappa shape index (κ3) is 3.83. The van der Waals surface area contributed by atoms with Crippen LogP contribution in [0, 0.1) is 0 Å². The maximum atomic E-state index is 13.2. The van der Waals surface area contributed by atoms with Crippen molar-refractivity contribution in [2.75, 3.05) is 27.4 Å². The van der Waals surface area contributed by atoms with Crippen molar-refractivity contribution in [2.45, 2.75) is 26.4 Å². The molecule has 0 fully saturated rings. The van der Waals surface area contributed by atoms with Crippen molar-refractivity contribution in [2.24, 2.45) is 0 Å². The van der Waals surface area contributed by atoms with Crippen LogP contribution in [0.25, 0.3) is 0 Å². The van der Waals surface area contributed by atoms with E-state index in [4.69, 9.17) is 14.2 Å². The van der Waals surface area contributed by atoms with E-state index in [0.29, 0.717) is 42.1 Å². The number of rotatable bonds is 7. The summed E-state index contributed by atoms with van der Waals surface area (Å²) in [7, 11) is 3.03. The van der Waals surface area contributed by atoms with Gasteiger partial charge in [0.05, 0.1) is 39.5 Å². The first-order chi connectivity index (χ1) is 14.0. The van der Waals surface area contributed by atoms with Crippen LogP contribution in [0.2, 0.25) is 0 Å². The summed E-state index contributed by atoms with van der Waals surface area (Å²) in [6, 6.07) is 5.19. The molecule has 8 nitrogen and oxygen atoms in total. The van der Waals surface area contributed by atoms with Crippen molar-refractivity contribution in [3.8, 4) is 11.5 Å². The molecule has 0 bridgehead atoms. The van der Waals surface area contributed by atoms with Crippen LogP contribution >= 0.6 is 0 Å². The molecule has 29 heavy (non-hydrogen) atoms. The van der Waals surface area contributed by atoms with E-state index in [1.54, 1.807) is 40.8 Å². The lowest BCUT2D eigenvalue weighted by molar-refractivity contribution is 0.0513. The Kier molecular flexibility index (Phi) is 6.21. The van der Waals surface area contributed by atoms with E-state index >= 15 is 0 Å². The van der Waals surface area contributed by atoms with Crippen LogP contribution in [0.4, 0.5) is 0 Å². The summed E-state index contributed by atoms with van der Waals surface area (Å²) in [5, 5.41) is 4.42. The lowest BCUT2D eigenvalue weighted by Gasteiger charge is -2.28. The van der Waals surface area contributed by atoms with Crippen molar-refractivity contribution >= 4 is 11.9 Å². The second kappa shape index (κ2) is 8.81. The maximum Gasteiger partial charge on any atom is 0.359 e. The van der Waals surface area contributed by atoms with Crippen molar-refractivity contribution in [1.82, 2.24) is 14.7 Å². The zero-order valence-corrected chi connectivity index (χ0v) is 16.9. The normalized spacial score (nSPS) is 12.9. The molecule has 0 unspecified atom stereocenters. The Morgan fingerprint density at radius 3 is 2.72 bits per heavy atom. The molecule has 3 rings (SSSR count). The van der Waals surface area contributed by atoms with Gasteiger partial charge in [-0.3, -0.25) is 9.48 Å². The van der Waals surface area contributed by atoms with E-state index in [0.717, 1.165) is 5.69 Å². The highest BCUT2D eigenvalue weighted by Gasteiger charge is 2.32. The number of benzene rings is 1. The number of amides is 1. The summed E-state index contributed by atoms with van der Waals surface area (Å²) in [6.45, 7) is 6.99. The SMILES string of the molecule is C=CCn1nc(C(=O)OCC)c2c1CCN(C(=O)c1cccc(OC)c1OC)C2. The zero-order valence-electron chi connectivity index (χ0n) is 16.9. The number of para-hydroxylation sites is 1. The zero-order chi connectivity index (χ0) is 21.0.